The number of benzene rings is 2. The highest BCUT2D eigenvalue weighted by Gasteiger charge is 2.05. The number of urea groups is 1. The molecule has 2 rings (SSSR count). The van der Waals surface area contributed by atoms with E-state index in [0.29, 0.717) is 22.3 Å². The van der Waals surface area contributed by atoms with Crippen LogP contribution >= 0.6 is 23.2 Å². The van der Waals surface area contributed by atoms with Gasteiger partial charge in [-0.05, 0) is 36.4 Å². The lowest BCUT2D eigenvalue weighted by atomic mass is 10.2. The number of primary amides is 1. The first kappa shape index (κ1) is 14.5. The maximum atomic E-state index is 10.7. The summed E-state index contributed by atoms with van der Waals surface area (Å²) < 4.78 is 0. The number of halogens is 2. The lowest BCUT2D eigenvalue weighted by molar-refractivity contribution is 0.259. The van der Waals surface area contributed by atoms with Crippen LogP contribution in [0.1, 0.15) is 5.56 Å². The molecule has 0 aliphatic rings. The van der Waals surface area contributed by atoms with Crippen molar-refractivity contribution in [1.29, 1.82) is 0 Å². The minimum atomic E-state index is -0.589. The highest BCUT2D eigenvalue weighted by molar-refractivity contribution is 6.36. The number of carbonyl (C=O) groups is 1. The van der Waals surface area contributed by atoms with E-state index < -0.39 is 6.03 Å². The number of nitrogens with two attached hydrogens (primary N) is 1. The summed E-state index contributed by atoms with van der Waals surface area (Å²) in [4.78, 5) is 10.7. The van der Waals surface area contributed by atoms with Crippen molar-refractivity contribution in [3.8, 4) is 0 Å². The molecule has 0 bridgehead atoms. The van der Waals surface area contributed by atoms with E-state index in [9.17, 15) is 4.79 Å². The fourth-order valence-electron chi connectivity index (χ4n) is 1.71. The maximum absolute atomic E-state index is 10.7. The molecule has 0 atom stereocenters. The minimum Gasteiger partial charge on any atom is -0.381 e. The van der Waals surface area contributed by atoms with Gasteiger partial charge in [-0.3, -0.25) is 0 Å². The third-order valence-electron chi connectivity index (χ3n) is 2.68. The first-order valence-corrected chi connectivity index (χ1v) is 6.65. The lowest BCUT2D eigenvalue weighted by Gasteiger charge is -2.10. The molecular weight excluding hydrogens is 297 g/mol. The van der Waals surface area contributed by atoms with E-state index in [-0.39, 0.29) is 0 Å². The van der Waals surface area contributed by atoms with Gasteiger partial charge in [-0.15, -0.1) is 0 Å². The van der Waals surface area contributed by atoms with Gasteiger partial charge in [0.25, 0.3) is 0 Å². The molecule has 0 saturated heterocycles. The van der Waals surface area contributed by atoms with Gasteiger partial charge in [0.15, 0.2) is 0 Å². The third kappa shape index (κ3) is 3.79. The van der Waals surface area contributed by atoms with E-state index in [1.807, 2.05) is 12.1 Å². The van der Waals surface area contributed by atoms with Crippen molar-refractivity contribution in [2.45, 2.75) is 6.54 Å². The molecule has 6 heteroatoms. The summed E-state index contributed by atoms with van der Waals surface area (Å²) in [5.74, 6) is 0. The van der Waals surface area contributed by atoms with Gasteiger partial charge < -0.3 is 16.4 Å². The van der Waals surface area contributed by atoms with E-state index in [0.717, 1.165) is 11.3 Å². The highest BCUT2D eigenvalue weighted by Crippen LogP contribution is 2.25. The minimum absolute atomic E-state index is 0.515. The summed E-state index contributed by atoms with van der Waals surface area (Å²) in [5, 5.41) is 6.95. The summed E-state index contributed by atoms with van der Waals surface area (Å²) in [6.07, 6.45) is 0. The van der Waals surface area contributed by atoms with Gasteiger partial charge in [0.05, 0.1) is 0 Å². The van der Waals surface area contributed by atoms with Gasteiger partial charge >= 0.3 is 6.03 Å². The number of nitrogens with one attached hydrogen (secondary N) is 2. The van der Waals surface area contributed by atoms with Crippen LogP contribution in [-0.2, 0) is 6.54 Å². The average Bonchev–Trinajstić information content (AvgIpc) is 2.39. The number of hydrogen-bond acceptors (Lipinski definition) is 2. The summed E-state index contributed by atoms with van der Waals surface area (Å²) >= 11 is 12.2. The Bertz CT molecular complexity index is 594. The standard InChI is InChI=1S/C14H13Cl2N3O/c15-12-2-1-3-13(16)11(12)8-18-9-4-6-10(7-5-9)19-14(17)20/h1-7,18H,8H2,(H3,17,19,20). The van der Waals surface area contributed by atoms with Gasteiger partial charge in [0, 0.05) is 33.5 Å². The molecule has 104 valence electrons. The second-order valence-corrected chi connectivity index (χ2v) is 4.93. The predicted molar refractivity (Wildman–Crippen MR) is 83.4 cm³/mol. The van der Waals surface area contributed by atoms with Gasteiger partial charge in [-0.25, -0.2) is 4.79 Å². The van der Waals surface area contributed by atoms with Crippen LogP contribution in [0.15, 0.2) is 42.5 Å². The Morgan fingerprint density at radius 1 is 1.00 bits per heavy atom. The summed E-state index contributed by atoms with van der Waals surface area (Å²) in [7, 11) is 0. The summed E-state index contributed by atoms with van der Waals surface area (Å²) in [5.41, 5.74) is 7.40. The first-order chi connectivity index (χ1) is 9.56. The van der Waals surface area contributed by atoms with Crippen LogP contribution in [0.25, 0.3) is 0 Å². The van der Waals surface area contributed by atoms with Crippen LogP contribution < -0.4 is 16.4 Å². The summed E-state index contributed by atoms with van der Waals surface area (Å²) in [6.45, 7) is 0.515. The Morgan fingerprint density at radius 2 is 1.55 bits per heavy atom. The van der Waals surface area contributed by atoms with E-state index in [2.05, 4.69) is 10.6 Å². The number of anilines is 2. The van der Waals surface area contributed by atoms with Gasteiger partial charge in [-0.1, -0.05) is 29.3 Å². The quantitative estimate of drug-likeness (QED) is 0.796. The van der Waals surface area contributed by atoms with Crippen molar-refractivity contribution < 1.29 is 4.79 Å². The van der Waals surface area contributed by atoms with Crippen LogP contribution in [0, 0.1) is 0 Å². The van der Waals surface area contributed by atoms with Crippen LogP contribution in [0.5, 0.6) is 0 Å². The van der Waals surface area contributed by atoms with Gasteiger partial charge in [0.1, 0.15) is 0 Å². The lowest BCUT2D eigenvalue weighted by Crippen LogP contribution is -2.19. The molecule has 4 nitrogen and oxygen atoms in total. The molecule has 0 heterocycles. The normalized spacial score (nSPS) is 10.1. The number of carbonyl (C=O) groups excluding carboxylic acids is 1. The molecule has 0 unspecified atom stereocenters. The zero-order chi connectivity index (χ0) is 14.5. The highest BCUT2D eigenvalue weighted by atomic mass is 35.5. The van der Waals surface area contributed by atoms with Crippen LogP contribution in [-0.4, -0.2) is 6.03 Å². The van der Waals surface area contributed by atoms with Crippen molar-refractivity contribution in [3.63, 3.8) is 0 Å². The Kier molecular flexibility index (Phi) is 4.71. The number of amides is 2. The maximum Gasteiger partial charge on any atom is 0.316 e. The van der Waals surface area contributed by atoms with Gasteiger partial charge in [0.2, 0.25) is 0 Å². The Labute approximate surface area is 126 Å². The topological polar surface area (TPSA) is 67.2 Å². The van der Waals surface area contributed by atoms with Crippen molar-refractivity contribution >= 4 is 40.6 Å². The molecule has 0 aromatic heterocycles. The molecular formula is C14H13Cl2N3O. The van der Waals surface area contributed by atoms with Crippen molar-refractivity contribution in [1.82, 2.24) is 0 Å². The Morgan fingerprint density at radius 3 is 2.10 bits per heavy atom. The fraction of sp³-hybridized carbons (Fsp3) is 0.0714. The molecule has 0 radical (unpaired) electrons. The molecule has 0 aliphatic carbocycles. The van der Waals surface area contributed by atoms with E-state index in [4.69, 9.17) is 28.9 Å². The molecule has 0 spiro atoms. The monoisotopic (exact) mass is 309 g/mol. The number of rotatable bonds is 4. The number of hydrogen-bond donors (Lipinski definition) is 3. The second-order valence-electron chi connectivity index (χ2n) is 4.12. The summed E-state index contributed by atoms with van der Waals surface area (Å²) in [6, 6.07) is 12.0. The average molecular weight is 310 g/mol. The zero-order valence-electron chi connectivity index (χ0n) is 10.5. The van der Waals surface area contributed by atoms with E-state index in [1.54, 1.807) is 30.3 Å². The second kappa shape index (κ2) is 6.50. The zero-order valence-corrected chi connectivity index (χ0v) is 12.0. The molecule has 4 N–H and O–H groups in total. The third-order valence-corrected chi connectivity index (χ3v) is 3.39. The van der Waals surface area contributed by atoms with Crippen molar-refractivity contribution in [3.05, 3.63) is 58.1 Å². The Balaban J connectivity index is 2.02. The Hall–Kier alpha value is -1.91. The first-order valence-electron chi connectivity index (χ1n) is 5.89. The van der Waals surface area contributed by atoms with Gasteiger partial charge in [-0.2, -0.15) is 0 Å². The molecule has 2 aromatic rings. The van der Waals surface area contributed by atoms with Crippen LogP contribution in [0.3, 0.4) is 0 Å². The predicted octanol–water partition coefficient (Wildman–Crippen LogP) is 4.10. The molecule has 2 aromatic carbocycles. The largest absolute Gasteiger partial charge is 0.381 e. The molecule has 0 fully saturated rings. The smallest absolute Gasteiger partial charge is 0.316 e. The van der Waals surface area contributed by atoms with Crippen molar-refractivity contribution in [2.75, 3.05) is 10.6 Å². The van der Waals surface area contributed by atoms with Crippen molar-refractivity contribution in [2.24, 2.45) is 5.73 Å². The molecule has 0 saturated carbocycles. The molecule has 0 aliphatic heterocycles. The molecule has 2 amide bonds. The fourth-order valence-corrected chi connectivity index (χ4v) is 2.24. The molecule has 20 heavy (non-hydrogen) atoms. The van der Waals surface area contributed by atoms with Crippen LogP contribution in [0.4, 0.5) is 16.2 Å². The van der Waals surface area contributed by atoms with E-state index in [1.165, 1.54) is 0 Å². The van der Waals surface area contributed by atoms with Crippen LogP contribution in [0.2, 0.25) is 10.0 Å². The van der Waals surface area contributed by atoms with E-state index >= 15 is 0 Å². The SMILES string of the molecule is NC(=O)Nc1ccc(NCc2c(Cl)cccc2Cl)cc1.